The van der Waals surface area contributed by atoms with Crippen molar-refractivity contribution >= 4 is 35.2 Å². The van der Waals surface area contributed by atoms with Crippen LogP contribution in [0.3, 0.4) is 0 Å². The monoisotopic (exact) mass is 304 g/mol. The van der Waals surface area contributed by atoms with Gasteiger partial charge in [0, 0.05) is 16.6 Å². The first kappa shape index (κ1) is 15.6. The van der Waals surface area contributed by atoms with Crippen LogP contribution in [0.2, 0.25) is 10.0 Å². The zero-order valence-corrected chi connectivity index (χ0v) is 11.8. The summed E-state index contributed by atoms with van der Waals surface area (Å²) in [5.41, 5.74) is 0.736. The van der Waals surface area contributed by atoms with Gasteiger partial charge in [0.2, 0.25) is 0 Å². The standard InChI is InChI=1S/C12H14Cl2N2O3/c1-7(9-3-2-8(13)6-10(9)14)16-12(19)15-5-4-11(17)18/h2-3,6-7H,4-5H2,1H3,(H,17,18)(H2,15,16,19)/t7-/m1/s1. The lowest BCUT2D eigenvalue weighted by Crippen LogP contribution is -2.38. The fraction of sp³-hybridized carbons (Fsp3) is 0.333. The summed E-state index contributed by atoms with van der Waals surface area (Å²) in [6, 6.07) is 4.25. The predicted molar refractivity (Wildman–Crippen MR) is 73.7 cm³/mol. The van der Waals surface area contributed by atoms with Crippen LogP contribution in [0.5, 0.6) is 0 Å². The van der Waals surface area contributed by atoms with Crippen molar-refractivity contribution < 1.29 is 14.7 Å². The van der Waals surface area contributed by atoms with Gasteiger partial charge in [-0.1, -0.05) is 29.3 Å². The highest BCUT2D eigenvalue weighted by Crippen LogP contribution is 2.25. The molecule has 2 amide bonds. The molecule has 0 saturated carbocycles. The van der Waals surface area contributed by atoms with E-state index in [0.717, 1.165) is 5.56 Å². The van der Waals surface area contributed by atoms with E-state index in [-0.39, 0.29) is 19.0 Å². The second kappa shape index (κ2) is 7.21. The molecule has 1 aromatic rings. The minimum Gasteiger partial charge on any atom is -0.481 e. The first-order valence-corrected chi connectivity index (χ1v) is 6.37. The second-order valence-electron chi connectivity index (χ2n) is 3.93. The van der Waals surface area contributed by atoms with Crippen LogP contribution in [0.1, 0.15) is 24.9 Å². The summed E-state index contributed by atoms with van der Waals surface area (Å²) in [5.74, 6) is -0.964. The lowest BCUT2D eigenvalue weighted by molar-refractivity contribution is -0.136. The number of carboxylic acid groups (broad SMARTS) is 1. The summed E-state index contributed by atoms with van der Waals surface area (Å²) in [7, 11) is 0. The van der Waals surface area contributed by atoms with Crippen molar-refractivity contribution in [3.63, 3.8) is 0 Å². The maximum Gasteiger partial charge on any atom is 0.315 e. The van der Waals surface area contributed by atoms with E-state index in [1.54, 1.807) is 25.1 Å². The minimum atomic E-state index is -0.964. The maximum atomic E-state index is 11.5. The molecule has 3 N–H and O–H groups in total. The van der Waals surface area contributed by atoms with Gasteiger partial charge in [-0.15, -0.1) is 0 Å². The van der Waals surface area contributed by atoms with Crippen molar-refractivity contribution in [2.45, 2.75) is 19.4 Å². The SMILES string of the molecule is C[C@@H](NC(=O)NCCC(=O)O)c1ccc(Cl)cc1Cl. The first-order valence-electron chi connectivity index (χ1n) is 5.61. The number of hydrogen-bond acceptors (Lipinski definition) is 2. The van der Waals surface area contributed by atoms with Gasteiger partial charge in [-0.05, 0) is 24.6 Å². The van der Waals surface area contributed by atoms with Crippen LogP contribution < -0.4 is 10.6 Å². The highest BCUT2D eigenvalue weighted by molar-refractivity contribution is 6.35. The maximum absolute atomic E-state index is 11.5. The fourth-order valence-electron chi connectivity index (χ4n) is 1.46. The topological polar surface area (TPSA) is 78.4 Å². The Labute approximate surface area is 120 Å². The van der Waals surface area contributed by atoms with Crippen LogP contribution in [0, 0.1) is 0 Å². The minimum absolute atomic E-state index is 0.0717. The quantitative estimate of drug-likeness (QED) is 0.782. The van der Waals surface area contributed by atoms with Crippen molar-refractivity contribution in [3.8, 4) is 0 Å². The van der Waals surface area contributed by atoms with Crippen molar-refractivity contribution in [2.75, 3.05) is 6.54 Å². The number of halogens is 2. The molecule has 0 aliphatic heterocycles. The van der Waals surface area contributed by atoms with Gasteiger partial charge < -0.3 is 15.7 Å². The number of carbonyl (C=O) groups is 2. The molecular weight excluding hydrogens is 291 g/mol. The van der Waals surface area contributed by atoms with Crippen LogP contribution in [0.25, 0.3) is 0 Å². The summed E-state index contributed by atoms with van der Waals surface area (Å²) in [4.78, 5) is 21.8. The number of rotatable bonds is 5. The third-order valence-electron chi connectivity index (χ3n) is 2.40. The Balaban J connectivity index is 2.52. The Bertz CT molecular complexity index is 480. The molecule has 1 atom stereocenters. The number of nitrogens with one attached hydrogen (secondary N) is 2. The smallest absolute Gasteiger partial charge is 0.315 e. The van der Waals surface area contributed by atoms with Gasteiger partial charge in [-0.3, -0.25) is 4.79 Å². The molecule has 0 unspecified atom stereocenters. The van der Waals surface area contributed by atoms with Gasteiger partial charge in [0.15, 0.2) is 0 Å². The van der Waals surface area contributed by atoms with E-state index in [2.05, 4.69) is 10.6 Å². The molecule has 5 nitrogen and oxygen atoms in total. The fourth-order valence-corrected chi connectivity index (χ4v) is 2.03. The van der Waals surface area contributed by atoms with Gasteiger partial charge in [-0.25, -0.2) is 4.79 Å². The molecule has 0 radical (unpaired) electrons. The van der Waals surface area contributed by atoms with Gasteiger partial charge >= 0.3 is 12.0 Å². The van der Waals surface area contributed by atoms with Crippen LogP contribution in [-0.4, -0.2) is 23.7 Å². The summed E-state index contributed by atoms with van der Waals surface area (Å²) < 4.78 is 0. The van der Waals surface area contributed by atoms with Crippen LogP contribution >= 0.6 is 23.2 Å². The van der Waals surface area contributed by atoms with Crippen molar-refractivity contribution in [2.24, 2.45) is 0 Å². The molecule has 0 spiro atoms. The normalized spacial score (nSPS) is 11.7. The van der Waals surface area contributed by atoms with E-state index < -0.39 is 12.0 Å². The Hall–Kier alpha value is -1.46. The summed E-state index contributed by atoms with van der Waals surface area (Å²) in [6.07, 6.45) is -0.122. The average Bonchev–Trinajstić information content (AvgIpc) is 2.27. The van der Waals surface area contributed by atoms with E-state index in [4.69, 9.17) is 28.3 Å². The Kier molecular flexibility index (Phi) is 5.92. The number of benzene rings is 1. The number of urea groups is 1. The van der Waals surface area contributed by atoms with E-state index in [9.17, 15) is 9.59 Å². The van der Waals surface area contributed by atoms with E-state index >= 15 is 0 Å². The molecule has 0 saturated heterocycles. The summed E-state index contributed by atoms with van der Waals surface area (Å²) in [5, 5.41) is 14.5. The molecule has 104 valence electrons. The number of carboxylic acids is 1. The molecule has 0 fully saturated rings. The number of carbonyl (C=O) groups excluding carboxylic acids is 1. The van der Waals surface area contributed by atoms with Crippen molar-refractivity contribution in [1.29, 1.82) is 0 Å². The molecule has 0 aliphatic rings. The lowest BCUT2D eigenvalue weighted by atomic mass is 10.1. The average molecular weight is 305 g/mol. The third kappa shape index (κ3) is 5.36. The highest BCUT2D eigenvalue weighted by Gasteiger charge is 2.12. The molecule has 0 bridgehead atoms. The zero-order chi connectivity index (χ0) is 14.4. The molecule has 19 heavy (non-hydrogen) atoms. The predicted octanol–water partition coefficient (Wildman–Crippen LogP) is 2.83. The van der Waals surface area contributed by atoms with Gasteiger partial charge in [-0.2, -0.15) is 0 Å². The summed E-state index contributed by atoms with van der Waals surface area (Å²) in [6.45, 7) is 1.84. The highest BCUT2D eigenvalue weighted by atomic mass is 35.5. The molecule has 1 rings (SSSR count). The van der Waals surface area contributed by atoms with Gasteiger partial charge in [0.05, 0.1) is 12.5 Å². The summed E-state index contributed by atoms with van der Waals surface area (Å²) >= 11 is 11.8. The van der Waals surface area contributed by atoms with Gasteiger partial charge in [0.1, 0.15) is 0 Å². The lowest BCUT2D eigenvalue weighted by Gasteiger charge is -2.16. The Morgan fingerprint density at radius 1 is 1.37 bits per heavy atom. The molecule has 0 heterocycles. The molecule has 0 aromatic heterocycles. The van der Waals surface area contributed by atoms with E-state index in [1.165, 1.54) is 0 Å². The van der Waals surface area contributed by atoms with Gasteiger partial charge in [0.25, 0.3) is 0 Å². The molecular formula is C12H14Cl2N2O3. The van der Waals surface area contributed by atoms with Crippen molar-refractivity contribution in [1.82, 2.24) is 10.6 Å². The Morgan fingerprint density at radius 2 is 2.05 bits per heavy atom. The number of aliphatic carboxylic acids is 1. The number of amides is 2. The third-order valence-corrected chi connectivity index (χ3v) is 2.96. The Morgan fingerprint density at radius 3 is 2.63 bits per heavy atom. The van der Waals surface area contributed by atoms with Crippen molar-refractivity contribution in [3.05, 3.63) is 33.8 Å². The number of hydrogen-bond donors (Lipinski definition) is 3. The van der Waals surface area contributed by atoms with Crippen LogP contribution in [-0.2, 0) is 4.79 Å². The zero-order valence-electron chi connectivity index (χ0n) is 10.2. The molecule has 1 aromatic carbocycles. The second-order valence-corrected chi connectivity index (χ2v) is 4.78. The first-order chi connectivity index (χ1) is 8.90. The molecule has 0 aliphatic carbocycles. The van der Waals surface area contributed by atoms with E-state index in [1.807, 2.05) is 0 Å². The molecule has 7 heteroatoms. The van der Waals surface area contributed by atoms with Crippen LogP contribution in [0.4, 0.5) is 4.79 Å². The largest absolute Gasteiger partial charge is 0.481 e. The van der Waals surface area contributed by atoms with E-state index in [0.29, 0.717) is 10.0 Å². The van der Waals surface area contributed by atoms with Crippen LogP contribution in [0.15, 0.2) is 18.2 Å².